The van der Waals surface area contributed by atoms with E-state index in [0.29, 0.717) is 11.6 Å². The van der Waals surface area contributed by atoms with E-state index in [-0.39, 0.29) is 5.56 Å². The summed E-state index contributed by atoms with van der Waals surface area (Å²) in [7, 11) is 1.77. The van der Waals surface area contributed by atoms with Crippen LogP contribution in [-0.2, 0) is 13.5 Å². The lowest BCUT2D eigenvalue weighted by Gasteiger charge is -2.12. The summed E-state index contributed by atoms with van der Waals surface area (Å²) >= 11 is 0. The Hall–Kier alpha value is -2.23. The van der Waals surface area contributed by atoms with Gasteiger partial charge in [-0.05, 0) is 24.1 Å². The number of aryl methyl sites for hydroxylation is 2. The van der Waals surface area contributed by atoms with Crippen LogP contribution in [0.15, 0.2) is 36.5 Å². The van der Waals surface area contributed by atoms with E-state index in [9.17, 15) is 4.79 Å². The van der Waals surface area contributed by atoms with E-state index in [0.717, 1.165) is 18.4 Å². The van der Waals surface area contributed by atoms with E-state index in [1.54, 1.807) is 23.9 Å². The number of ether oxygens (including phenoxy) is 1. The summed E-state index contributed by atoms with van der Waals surface area (Å²) in [4.78, 5) is 11.1. The van der Waals surface area contributed by atoms with Gasteiger partial charge in [-0.25, -0.2) is 4.79 Å². The molecule has 0 radical (unpaired) electrons. The number of carboxylic acid groups (broad SMARTS) is 1. The van der Waals surface area contributed by atoms with Crippen molar-refractivity contribution >= 4 is 5.97 Å². The van der Waals surface area contributed by atoms with Crippen LogP contribution in [0.2, 0.25) is 0 Å². The summed E-state index contributed by atoms with van der Waals surface area (Å²) in [5.41, 5.74) is 1.26. The van der Waals surface area contributed by atoms with Crippen LogP contribution in [0.25, 0.3) is 0 Å². The maximum atomic E-state index is 11.1. The second kappa shape index (κ2) is 5.61. The Balaban J connectivity index is 2.36. The third kappa shape index (κ3) is 2.78. The molecule has 0 aliphatic rings. The summed E-state index contributed by atoms with van der Waals surface area (Å²) in [6, 6.07) is 9.25. The van der Waals surface area contributed by atoms with Crippen LogP contribution >= 0.6 is 0 Å². The first-order valence-corrected chi connectivity index (χ1v) is 6.28. The van der Waals surface area contributed by atoms with Crippen molar-refractivity contribution in [3.63, 3.8) is 0 Å². The number of benzene rings is 1. The first-order chi connectivity index (χ1) is 9.13. The number of carboxylic acids is 1. The van der Waals surface area contributed by atoms with E-state index in [1.807, 2.05) is 24.3 Å². The number of hydrogen-bond acceptors (Lipinski definition) is 2. The highest BCUT2D eigenvalue weighted by Crippen LogP contribution is 2.29. The fourth-order valence-electron chi connectivity index (χ4n) is 1.99. The van der Waals surface area contributed by atoms with E-state index in [1.165, 1.54) is 0 Å². The Morgan fingerprint density at radius 1 is 1.32 bits per heavy atom. The zero-order valence-electron chi connectivity index (χ0n) is 11.1. The quantitative estimate of drug-likeness (QED) is 0.894. The maximum absolute atomic E-state index is 11.1. The minimum absolute atomic E-state index is 0.175. The molecule has 0 aliphatic heterocycles. The van der Waals surface area contributed by atoms with Gasteiger partial charge in [-0.1, -0.05) is 31.5 Å². The molecule has 1 heterocycles. The predicted octanol–water partition coefficient (Wildman–Crippen LogP) is 3.47. The van der Waals surface area contributed by atoms with Gasteiger partial charge in [0.1, 0.15) is 11.3 Å². The third-order valence-electron chi connectivity index (χ3n) is 2.94. The lowest BCUT2D eigenvalue weighted by molar-refractivity contribution is 0.0694. The summed E-state index contributed by atoms with van der Waals surface area (Å²) in [5.74, 6) is 0.0910. The highest BCUT2D eigenvalue weighted by molar-refractivity contribution is 5.90. The molecule has 0 saturated carbocycles. The SMILES string of the molecule is CCCc1ccccc1Oc1c(C(=O)O)ccn1C. The van der Waals surface area contributed by atoms with E-state index >= 15 is 0 Å². The van der Waals surface area contributed by atoms with Crippen molar-refractivity contribution in [1.82, 2.24) is 4.57 Å². The van der Waals surface area contributed by atoms with E-state index < -0.39 is 5.97 Å². The van der Waals surface area contributed by atoms with Crippen LogP contribution in [0.1, 0.15) is 29.3 Å². The van der Waals surface area contributed by atoms with Crippen molar-refractivity contribution in [1.29, 1.82) is 0 Å². The number of rotatable bonds is 5. The van der Waals surface area contributed by atoms with Gasteiger partial charge < -0.3 is 14.4 Å². The smallest absolute Gasteiger partial charge is 0.341 e. The van der Waals surface area contributed by atoms with Gasteiger partial charge in [0.25, 0.3) is 0 Å². The zero-order chi connectivity index (χ0) is 13.8. The van der Waals surface area contributed by atoms with Crippen LogP contribution in [0, 0.1) is 0 Å². The lowest BCUT2D eigenvalue weighted by Crippen LogP contribution is -2.02. The fourth-order valence-corrected chi connectivity index (χ4v) is 1.99. The topological polar surface area (TPSA) is 51.5 Å². The van der Waals surface area contributed by atoms with Crippen LogP contribution in [0.3, 0.4) is 0 Å². The number of aromatic carboxylic acids is 1. The highest BCUT2D eigenvalue weighted by Gasteiger charge is 2.16. The highest BCUT2D eigenvalue weighted by atomic mass is 16.5. The molecule has 0 spiro atoms. The van der Waals surface area contributed by atoms with Crippen molar-refractivity contribution in [3.05, 3.63) is 47.7 Å². The van der Waals surface area contributed by atoms with Crippen molar-refractivity contribution < 1.29 is 14.6 Å². The van der Waals surface area contributed by atoms with E-state index in [4.69, 9.17) is 9.84 Å². The number of carbonyl (C=O) groups is 1. The average Bonchev–Trinajstić information content (AvgIpc) is 2.74. The molecular weight excluding hydrogens is 242 g/mol. The monoisotopic (exact) mass is 259 g/mol. The molecule has 0 atom stereocenters. The van der Waals surface area contributed by atoms with Gasteiger partial charge in [-0.3, -0.25) is 0 Å². The number of aromatic nitrogens is 1. The normalized spacial score (nSPS) is 10.4. The largest absolute Gasteiger partial charge is 0.477 e. The lowest BCUT2D eigenvalue weighted by atomic mass is 10.1. The van der Waals surface area contributed by atoms with Crippen molar-refractivity contribution in [2.75, 3.05) is 0 Å². The van der Waals surface area contributed by atoms with Gasteiger partial charge in [0.2, 0.25) is 5.88 Å². The van der Waals surface area contributed by atoms with Gasteiger partial charge in [-0.2, -0.15) is 0 Å². The molecule has 4 heteroatoms. The summed E-state index contributed by atoms with van der Waals surface area (Å²) in [6.45, 7) is 2.10. The summed E-state index contributed by atoms with van der Waals surface area (Å²) in [6.07, 6.45) is 3.60. The Bertz CT molecular complexity index is 587. The van der Waals surface area contributed by atoms with Gasteiger partial charge >= 0.3 is 5.97 Å². The molecule has 0 fully saturated rings. The van der Waals surface area contributed by atoms with Gasteiger partial charge in [0.15, 0.2) is 0 Å². The van der Waals surface area contributed by atoms with Crippen molar-refractivity contribution in [2.24, 2.45) is 7.05 Å². The van der Waals surface area contributed by atoms with Crippen LogP contribution < -0.4 is 4.74 Å². The molecule has 0 saturated heterocycles. The van der Waals surface area contributed by atoms with Crippen molar-refractivity contribution in [3.8, 4) is 11.6 Å². The molecule has 1 aromatic heterocycles. The summed E-state index contributed by atoms with van der Waals surface area (Å²) in [5, 5.41) is 9.14. The minimum Gasteiger partial charge on any atom is -0.477 e. The first-order valence-electron chi connectivity index (χ1n) is 6.28. The molecule has 1 N–H and O–H groups in total. The molecule has 0 aliphatic carbocycles. The van der Waals surface area contributed by atoms with Crippen LogP contribution in [0.4, 0.5) is 0 Å². The molecule has 2 aromatic rings. The molecule has 0 bridgehead atoms. The Morgan fingerprint density at radius 2 is 2.05 bits per heavy atom. The Labute approximate surface area is 112 Å². The second-order valence-corrected chi connectivity index (χ2v) is 4.41. The summed E-state index contributed by atoms with van der Waals surface area (Å²) < 4.78 is 7.48. The molecular formula is C15H17NO3. The Kier molecular flexibility index (Phi) is 3.90. The Morgan fingerprint density at radius 3 is 2.74 bits per heavy atom. The number of hydrogen-bond donors (Lipinski definition) is 1. The van der Waals surface area contributed by atoms with Crippen molar-refractivity contribution in [2.45, 2.75) is 19.8 Å². The third-order valence-corrected chi connectivity index (χ3v) is 2.94. The second-order valence-electron chi connectivity index (χ2n) is 4.41. The molecule has 0 amide bonds. The molecule has 4 nitrogen and oxygen atoms in total. The molecule has 0 unspecified atom stereocenters. The minimum atomic E-state index is -0.983. The average molecular weight is 259 g/mol. The number of para-hydroxylation sites is 1. The van der Waals surface area contributed by atoms with Gasteiger partial charge in [0.05, 0.1) is 0 Å². The maximum Gasteiger partial charge on any atom is 0.341 e. The zero-order valence-corrected chi connectivity index (χ0v) is 11.1. The first kappa shape index (κ1) is 13.2. The van der Waals surface area contributed by atoms with Gasteiger partial charge in [-0.15, -0.1) is 0 Å². The fraction of sp³-hybridized carbons (Fsp3) is 0.267. The standard InChI is InChI=1S/C15H17NO3/c1-3-6-11-7-4-5-8-13(11)19-14-12(15(17)18)9-10-16(14)2/h4-5,7-10H,3,6H2,1-2H3,(H,17,18). The molecule has 100 valence electrons. The number of nitrogens with zero attached hydrogens (tertiary/aromatic N) is 1. The van der Waals surface area contributed by atoms with Gasteiger partial charge in [0, 0.05) is 13.2 Å². The molecule has 2 rings (SSSR count). The molecule has 1 aromatic carbocycles. The molecule has 19 heavy (non-hydrogen) atoms. The van der Waals surface area contributed by atoms with Crippen LogP contribution in [0.5, 0.6) is 11.6 Å². The van der Waals surface area contributed by atoms with E-state index in [2.05, 4.69) is 6.92 Å². The van der Waals surface area contributed by atoms with Crippen LogP contribution in [-0.4, -0.2) is 15.6 Å². The predicted molar refractivity (Wildman–Crippen MR) is 72.9 cm³/mol.